The van der Waals surface area contributed by atoms with Gasteiger partial charge in [0.25, 0.3) is 5.91 Å². The Hall–Kier alpha value is -1.96. The van der Waals surface area contributed by atoms with Gasteiger partial charge in [0.1, 0.15) is 5.60 Å². The predicted molar refractivity (Wildman–Crippen MR) is 109 cm³/mol. The smallest absolute Gasteiger partial charge is 0.259 e. The fourth-order valence-corrected chi connectivity index (χ4v) is 4.03. The first kappa shape index (κ1) is 19.8. The molecular formula is C20H27N3O3S. The Morgan fingerprint density at radius 2 is 2.00 bits per heavy atom. The van der Waals surface area contributed by atoms with Crippen LogP contribution in [0.3, 0.4) is 0 Å². The Bertz CT molecular complexity index is 782. The summed E-state index contributed by atoms with van der Waals surface area (Å²) in [4.78, 5) is 19.6. The third kappa shape index (κ3) is 4.86. The fraction of sp³-hybridized carbons (Fsp3) is 0.500. The molecule has 0 unspecified atom stereocenters. The molecule has 146 valence electrons. The van der Waals surface area contributed by atoms with Crippen molar-refractivity contribution in [3.05, 3.63) is 40.9 Å². The Morgan fingerprint density at radius 1 is 1.30 bits per heavy atom. The van der Waals surface area contributed by atoms with Gasteiger partial charge in [-0.3, -0.25) is 10.1 Å². The average Bonchev–Trinajstić information content (AvgIpc) is 3.11. The normalized spacial score (nSPS) is 15.2. The summed E-state index contributed by atoms with van der Waals surface area (Å²) in [6.07, 6.45) is 0.0974. The Labute approximate surface area is 164 Å². The summed E-state index contributed by atoms with van der Waals surface area (Å²) in [5.41, 5.74) is 1.89. The van der Waals surface area contributed by atoms with Crippen molar-refractivity contribution in [2.75, 3.05) is 36.5 Å². The van der Waals surface area contributed by atoms with E-state index in [1.54, 1.807) is 0 Å². The Morgan fingerprint density at radius 3 is 2.70 bits per heavy atom. The first-order valence-electron chi connectivity index (χ1n) is 9.24. The van der Waals surface area contributed by atoms with E-state index < -0.39 is 5.60 Å². The summed E-state index contributed by atoms with van der Waals surface area (Å²) >= 11 is 1.41. The third-order valence-electron chi connectivity index (χ3n) is 4.37. The first-order valence-corrected chi connectivity index (χ1v) is 10.1. The lowest BCUT2D eigenvalue weighted by molar-refractivity contribution is -0.0623. The number of nitrogens with one attached hydrogen (secondary N) is 1. The van der Waals surface area contributed by atoms with Crippen molar-refractivity contribution < 1.29 is 14.3 Å². The highest BCUT2D eigenvalue weighted by Gasteiger charge is 2.26. The molecule has 1 aliphatic heterocycles. The van der Waals surface area contributed by atoms with Crippen LogP contribution in [0.4, 0.5) is 10.8 Å². The van der Waals surface area contributed by atoms with Crippen molar-refractivity contribution in [1.82, 2.24) is 4.98 Å². The number of hydrogen-bond donors (Lipinski definition) is 1. The lowest BCUT2D eigenvalue weighted by Crippen LogP contribution is -2.37. The molecule has 27 heavy (non-hydrogen) atoms. The molecule has 0 radical (unpaired) electrons. The number of aromatic nitrogens is 1. The second kappa shape index (κ2) is 8.37. The van der Waals surface area contributed by atoms with Crippen LogP contribution in [0.1, 0.15) is 43.7 Å². The van der Waals surface area contributed by atoms with Gasteiger partial charge in [0.15, 0.2) is 5.13 Å². The minimum absolute atomic E-state index is 0.0974. The standard InChI is InChI=1S/C20H27N3O3S/c1-14(2)26-20(3,4)17-13-27-19(21-17)22-18(24)15-7-5-6-8-16(15)23-9-11-25-12-10-23/h5-8,13-14H,9-12H2,1-4H3,(H,21,22,24). The van der Waals surface area contributed by atoms with Gasteiger partial charge in [0, 0.05) is 24.2 Å². The van der Waals surface area contributed by atoms with Crippen LogP contribution >= 0.6 is 11.3 Å². The second-order valence-corrected chi connectivity index (χ2v) is 8.14. The van der Waals surface area contributed by atoms with Crippen molar-refractivity contribution in [2.24, 2.45) is 0 Å². The zero-order valence-corrected chi connectivity index (χ0v) is 17.1. The van der Waals surface area contributed by atoms with E-state index in [2.05, 4.69) is 15.2 Å². The zero-order valence-electron chi connectivity index (χ0n) is 16.3. The minimum Gasteiger partial charge on any atom is -0.378 e. The number of nitrogens with zero attached hydrogens (tertiary/aromatic N) is 2. The maximum atomic E-state index is 12.9. The topological polar surface area (TPSA) is 63.7 Å². The molecule has 1 fully saturated rings. The molecule has 0 spiro atoms. The lowest BCUT2D eigenvalue weighted by Gasteiger charge is -2.30. The maximum Gasteiger partial charge on any atom is 0.259 e. The zero-order chi connectivity index (χ0) is 19.4. The molecule has 2 aromatic rings. The molecule has 6 nitrogen and oxygen atoms in total. The van der Waals surface area contributed by atoms with E-state index in [-0.39, 0.29) is 12.0 Å². The number of para-hydroxylation sites is 1. The first-order chi connectivity index (χ1) is 12.9. The summed E-state index contributed by atoms with van der Waals surface area (Å²) in [7, 11) is 0. The van der Waals surface area contributed by atoms with Crippen LogP contribution in [0.15, 0.2) is 29.6 Å². The molecule has 0 saturated carbocycles. The number of thiazole rings is 1. The molecule has 1 aromatic heterocycles. The summed E-state index contributed by atoms with van der Waals surface area (Å²) in [6, 6.07) is 7.66. The minimum atomic E-state index is -0.501. The number of anilines is 2. The molecule has 1 aliphatic rings. The number of hydrogen-bond acceptors (Lipinski definition) is 6. The van der Waals surface area contributed by atoms with E-state index in [0.717, 1.165) is 24.5 Å². The van der Waals surface area contributed by atoms with Gasteiger partial charge >= 0.3 is 0 Å². The largest absolute Gasteiger partial charge is 0.378 e. The molecule has 1 amide bonds. The lowest BCUT2D eigenvalue weighted by atomic mass is 10.1. The number of morpholine rings is 1. The monoisotopic (exact) mass is 389 g/mol. The van der Waals surface area contributed by atoms with Crippen molar-refractivity contribution >= 4 is 28.1 Å². The summed E-state index contributed by atoms with van der Waals surface area (Å²) in [5.74, 6) is -0.152. The number of carbonyl (C=O) groups is 1. The second-order valence-electron chi connectivity index (χ2n) is 7.29. The number of carbonyl (C=O) groups excluding carboxylic acids is 1. The van der Waals surface area contributed by atoms with E-state index in [1.165, 1.54) is 11.3 Å². The van der Waals surface area contributed by atoms with Gasteiger partial charge in [-0.1, -0.05) is 12.1 Å². The van der Waals surface area contributed by atoms with Crippen LogP contribution < -0.4 is 10.2 Å². The van der Waals surface area contributed by atoms with Crippen molar-refractivity contribution in [1.29, 1.82) is 0 Å². The molecule has 0 atom stereocenters. The van der Waals surface area contributed by atoms with Gasteiger partial charge in [0.2, 0.25) is 0 Å². The van der Waals surface area contributed by atoms with Crippen LogP contribution in [0, 0.1) is 0 Å². The average molecular weight is 390 g/mol. The van der Waals surface area contributed by atoms with Crippen molar-refractivity contribution in [3.8, 4) is 0 Å². The van der Waals surface area contributed by atoms with Crippen molar-refractivity contribution in [3.63, 3.8) is 0 Å². The van der Waals surface area contributed by atoms with E-state index in [4.69, 9.17) is 9.47 Å². The van der Waals surface area contributed by atoms with Crippen LogP contribution in [-0.4, -0.2) is 43.3 Å². The van der Waals surface area contributed by atoms with E-state index in [0.29, 0.717) is 23.9 Å². The van der Waals surface area contributed by atoms with Gasteiger partial charge in [-0.05, 0) is 39.8 Å². The number of amides is 1. The van der Waals surface area contributed by atoms with Gasteiger partial charge in [-0.25, -0.2) is 4.98 Å². The van der Waals surface area contributed by atoms with E-state index in [9.17, 15) is 4.79 Å². The highest BCUT2D eigenvalue weighted by molar-refractivity contribution is 7.14. The van der Waals surface area contributed by atoms with Gasteiger partial charge in [0.05, 0.1) is 30.6 Å². The van der Waals surface area contributed by atoms with Gasteiger partial charge < -0.3 is 14.4 Å². The Kier molecular flexibility index (Phi) is 6.14. The number of rotatable bonds is 6. The van der Waals surface area contributed by atoms with E-state index >= 15 is 0 Å². The summed E-state index contributed by atoms with van der Waals surface area (Å²) in [5, 5.41) is 5.45. The number of benzene rings is 1. The van der Waals surface area contributed by atoms with Gasteiger partial charge in [-0.15, -0.1) is 11.3 Å². The van der Waals surface area contributed by atoms with Crippen LogP contribution in [0.2, 0.25) is 0 Å². The quantitative estimate of drug-likeness (QED) is 0.812. The highest BCUT2D eigenvalue weighted by Crippen LogP contribution is 2.30. The third-order valence-corrected chi connectivity index (χ3v) is 5.13. The molecule has 1 aromatic carbocycles. The molecule has 0 aliphatic carbocycles. The van der Waals surface area contributed by atoms with Crippen molar-refractivity contribution in [2.45, 2.75) is 39.4 Å². The molecule has 7 heteroatoms. The SMILES string of the molecule is CC(C)OC(C)(C)c1csc(NC(=O)c2ccccc2N2CCOCC2)n1. The number of ether oxygens (including phenoxy) is 2. The highest BCUT2D eigenvalue weighted by atomic mass is 32.1. The fourth-order valence-electron chi connectivity index (χ4n) is 3.17. The molecule has 2 heterocycles. The van der Waals surface area contributed by atoms with Gasteiger partial charge in [-0.2, -0.15) is 0 Å². The van der Waals surface area contributed by atoms with Crippen LogP contribution in [0.5, 0.6) is 0 Å². The molecule has 3 rings (SSSR count). The van der Waals surface area contributed by atoms with Crippen LogP contribution in [0.25, 0.3) is 0 Å². The molecule has 1 N–H and O–H groups in total. The molecule has 0 bridgehead atoms. The summed E-state index contributed by atoms with van der Waals surface area (Å²) in [6.45, 7) is 10.9. The van der Waals surface area contributed by atoms with Crippen LogP contribution in [-0.2, 0) is 15.1 Å². The predicted octanol–water partition coefficient (Wildman–Crippen LogP) is 3.89. The maximum absolute atomic E-state index is 12.9. The Balaban J connectivity index is 1.75. The molecule has 1 saturated heterocycles. The van der Waals surface area contributed by atoms with E-state index in [1.807, 2.05) is 57.3 Å². The molecular weight excluding hydrogens is 362 g/mol. The summed E-state index contributed by atoms with van der Waals surface area (Å²) < 4.78 is 11.4.